The van der Waals surface area contributed by atoms with E-state index < -0.39 is 0 Å². The van der Waals surface area contributed by atoms with E-state index in [1.54, 1.807) is 6.20 Å². The fourth-order valence-corrected chi connectivity index (χ4v) is 1.83. The first-order valence-corrected chi connectivity index (χ1v) is 5.30. The Bertz CT molecular complexity index is 322. The topological polar surface area (TPSA) is 69.8 Å². The summed E-state index contributed by atoms with van der Waals surface area (Å²) in [6, 6.07) is 1.97. The van der Waals surface area contributed by atoms with Crippen LogP contribution in [0, 0.1) is 0 Å². The molecule has 1 aliphatic rings. The third-order valence-corrected chi connectivity index (χ3v) is 2.73. The largest absolute Gasteiger partial charge is 0.355 e. The van der Waals surface area contributed by atoms with Gasteiger partial charge in [-0.05, 0) is 25.8 Å². The van der Waals surface area contributed by atoms with Crippen LogP contribution < -0.4 is 10.6 Å². The second-order valence-electron chi connectivity index (χ2n) is 3.89. The number of hydrogen-bond acceptors (Lipinski definition) is 3. The molecule has 0 aromatic carbocycles. The predicted molar refractivity (Wildman–Crippen MR) is 56.2 cm³/mol. The normalized spacial score (nSPS) is 23.5. The van der Waals surface area contributed by atoms with Crippen molar-refractivity contribution in [2.24, 2.45) is 0 Å². The average molecular weight is 208 g/mol. The van der Waals surface area contributed by atoms with E-state index in [1.165, 1.54) is 0 Å². The molecule has 2 unspecified atom stereocenters. The van der Waals surface area contributed by atoms with Crippen molar-refractivity contribution in [1.82, 2.24) is 20.8 Å². The van der Waals surface area contributed by atoms with E-state index in [1.807, 2.05) is 13.0 Å². The van der Waals surface area contributed by atoms with Crippen LogP contribution in [0.25, 0.3) is 0 Å². The van der Waals surface area contributed by atoms with Gasteiger partial charge < -0.3 is 5.32 Å². The second kappa shape index (κ2) is 4.44. The van der Waals surface area contributed by atoms with E-state index >= 15 is 0 Å². The van der Waals surface area contributed by atoms with Crippen LogP contribution in [0.2, 0.25) is 0 Å². The number of nitrogens with one attached hydrogen (secondary N) is 3. The lowest BCUT2D eigenvalue weighted by Gasteiger charge is -2.25. The molecular formula is C10H16N4O. The second-order valence-corrected chi connectivity index (χ2v) is 3.89. The van der Waals surface area contributed by atoms with Crippen LogP contribution in [-0.4, -0.2) is 28.7 Å². The van der Waals surface area contributed by atoms with E-state index in [0.29, 0.717) is 0 Å². The lowest BCUT2D eigenvalue weighted by atomic mass is 10.1. The van der Waals surface area contributed by atoms with Gasteiger partial charge in [-0.15, -0.1) is 0 Å². The Morgan fingerprint density at radius 1 is 1.67 bits per heavy atom. The lowest BCUT2D eigenvalue weighted by Crippen LogP contribution is -2.48. The summed E-state index contributed by atoms with van der Waals surface area (Å²) < 4.78 is 0. The molecule has 1 saturated heterocycles. The minimum Gasteiger partial charge on any atom is -0.355 e. The molecule has 1 aromatic heterocycles. The van der Waals surface area contributed by atoms with Gasteiger partial charge in [0.1, 0.15) is 0 Å². The van der Waals surface area contributed by atoms with Crippen molar-refractivity contribution in [2.75, 3.05) is 6.54 Å². The van der Waals surface area contributed by atoms with Crippen molar-refractivity contribution in [1.29, 1.82) is 0 Å². The molecule has 0 aliphatic carbocycles. The number of aromatic nitrogens is 2. The zero-order valence-corrected chi connectivity index (χ0v) is 8.79. The summed E-state index contributed by atoms with van der Waals surface area (Å²) in [5.41, 5.74) is 1.01. The van der Waals surface area contributed by atoms with Gasteiger partial charge in [-0.3, -0.25) is 15.2 Å². The number of piperidine rings is 1. The minimum atomic E-state index is -0.0722. The molecule has 2 atom stereocenters. The van der Waals surface area contributed by atoms with Crippen molar-refractivity contribution in [3.63, 3.8) is 0 Å². The van der Waals surface area contributed by atoms with Crippen LogP contribution >= 0.6 is 0 Å². The van der Waals surface area contributed by atoms with Gasteiger partial charge in [0.05, 0.1) is 11.7 Å². The van der Waals surface area contributed by atoms with E-state index in [-0.39, 0.29) is 18.0 Å². The monoisotopic (exact) mass is 208 g/mol. The number of carbonyl (C=O) groups excluding carboxylic acids is 1. The third kappa shape index (κ3) is 2.36. The highest BCUT2D eigenvalue weighted by atomic mass is 16.2. The molecule has 1 fully saturated rings. The molecule has 3 N–H and O–H groups in total. The first-order valence-electron chi connectivity index (χ1n) is 5.30. The summed E-state index contributed by atoms with van der Waals surface area (Å²) in [6.07, 6.45) is 3.66. The Morgan fingerprint density at radius 3 is 3.20 bits per heavy atom. The molecule has 15 heavy (non-hydrogen) atoms. The molecule has 5 heteroatoms. The summed E-state index contributed by atoms with van der Waals surface area (Å²) in [4.78, 5) is 11.5. The molecule has 0 radical (unpaired) electrons. The van der Waals surface area contributed by atoms with Gasteiger partial charge in [-0.1, -0.05) is 0 Å². The third-order valence-electron chi connectivity index (χ3n) is 2.73. The first-order chi connectivity index (χ1) is 7.27. The molecule has 0 spiro atoms. The molecule has 5 nitrogen and oxygen atoms in total. The minimum absolute atomic E-state index is 0.0722. The molecular weight excluding hydrogens is 192 g/mol. The summed E-state index contributed by atoms with van der Waals surface area (Å²) in [7, 11) is 0. The lowest BCUT2D eigenvalue weighted by molar-refractivity contribution is -0.124. The maximum absolute atomic E-state index is 11.5. The molecule has 2 heterocycles. The van der Waals surface area contributed by atoms with Crippen LogP contribution in [0.4, 0.5) is 0 Å². The van der Waals surface area contributed by atoms with Gasteiger partial charge >= 0.3 is 0 Å². The summed E-state index contributed by atoms with van der Waals surface area (Å²) in [6.45, 7) is 2.82. The highest BCUT2D eigenvalue weighted by Crippen LogP contribution is 2.12. The van der Waals surface area contributed by atoms with Crippen LogP contribution in [0.5, 0.6) is 0 Å². The van der Waals surface area contributed by atoms with Gasteiger partial charge in [-0.25, -0.2) is 0 Å². The van der Waals surface area contributed by atoms with Crippen molar-refractivity contribution < 1.29 is 4.79 Å². The standard InChI is InChI=1S/C10H16N4O/c1-7(8-4-6-12-14-8)13-9-3-2-5-11-10(9)15/h4,6-7,9,13H,2-3,5H2,1H3,(H,11,15)(H,12,14). The zero-order valence-electron chi connectivity index (χ0n) is 8.79. The van der Waals surface area contributed by atoms with Crippen molar-refractivity contribution in [3.8, 4) is 0 Å². The van der Waals surface area contributed by atoms with E-state index in [4.69, 9.17) is 0 Å². The number of rotatable bonds is 3. The van der Waals surface area contributed by atoms with Crippen LogP contribution in [-0.2, 0) is 4.79 Å². The molecule has 0 saturated carbocycles. The molecule has 2 rings (SSSR count). The highest BCUT2D eigenvalue weighted by Gasteiger charge is 2.23. The van der Waals surface area contributed by atoms with Crippen molar-refractivity contribution >= 4 is 5.91 Å². The molecule has 1 aliphatic heterocycles. The Morgan fingerprint density at radius 2 is 2.53 bits per heavy atom. The van der Waals surface area contributed by atoms with Gasteiger partial charge in [0.15, 0.2) is 0 Å². The number of hydrogen-bond donors (Lipinski definition) is 3. The Hall–Kier alpha value is -1.36. The van der Waals surface area contributed by atoms with Crippen LogP contribution in [0.3, 0.4) is 0 Å². The van der Waals surface area contributed by atoms with Gasteiger partial charge in [0.25, 0.3) is 0 Å². The SMILES string of the molecule is CC(NC1CCCNC1=O)c1ccn[nH]1. The quantitative estimate of drug-likeness (QED) is 0.671. The Balaban J connectivity index is 1.93. The smallest absolute Gasteiger partial charge is 0.237 e. The number of carbonyl (C=O) groups is 1. The fraction of sp³-hybridized carbons (Fsp3) is 0.600. The van der Waals surface area contributed by atoms with E-state index in [9.17, 15) is 4.79 Å². The number of nitrogens with zero attached hydrogens (tertiary/aromatic N) is 1. The van der Waals surface area contributed by atoms with Gasteiger partial charge in [0, 0.05) is 18.8 Å². The highest BCUT2D eigenvalue weighted by molar-refractivity contribution is 5.82. The molecule has 1 amide bonds. The Kier molecular flexibility index (Phi) is 3.01. The van der Waals surface area contributed by atoms with Crippen molar-refractivity contribution in [3.05, 3.63) is 18.0 Å². The summed E-state index contributed by atoms with van der Waals surface area (Å²) in [5, 5.41) is 12.9. The maximum Gasteiger partial charge on any atom is 0.237 e. The fourth-order valence-electron chi connectivity index (χ4n) is 1.83. The maximum atomic E-state index is 11.5. The molecule has 1 aromatic rings. The van der Waals surface area contributed by atoms with Gasteiger partial charge in [0.2, 0.25) is 5.91 Å². The number of H-pyrrole nitrogens is 1. The van der Waals surface area contributed by atoms with Gasteiger partial charge in [-0.2, -0.15) is 5.10 Å². The van der Waals surface area contributed by atoms with Crippen molar-refractivity contribution in [2.45, 2.75) is 31.8 Å². The summed E-state index contributed by atoms with van der Waals surface area (Å²) >= 11 is 0. The number of amides is 1. The molecule has 82 valence electrons. The number of aromatic amines is 1. The van der Waals surface area contributed by atoms with E-state index in [2.05, 4.69) is 20.8 Å². The molecule has 0 bridgehead atoms. The zero-order chi connectivity index (χ0) is 10.7. The van der Waals surface area contributed by atoms with Crippen LogP contribution in [0.1, 0.15) is 31.5 Å². The Labute approximate surface area is 88.6 Å². The average Bonchev–Trinajstić information content (AvgIpc) is 2.74. The summed E-state index contributed by atoms with van der Waals surface area (Å²) in [5.74, 6) is 0.104. The van der Waals surface area contributed by atoms with Crippen LogP contribution in [0.15, 0.2) is 12.3 Å². The van der Waals surface area contributed by atoms with E-state index in [0.717, 1.165) is 25.1 Å². The first kappa shape index (κ1) is 10.2. The predicted octanol–water partition coefficient (Wildman–Crippen LogP) is 0.339.